The summed E-state index contributed by atoms with van der Waals surface area (Å²) in [6.07, 6.45) is 5.17. The van der Waals surface area contributed by atoms with E-state index >= 15 is 0 Å². The van der Waals surface area contributed by atoms with Crippen LogP contribution in [0.2, 0.25) is 0 Å². The second-order valence-electron chi connectivity index (χ2n) is 5.95. The molecule has 0 amide bonds. The van der Waals surface area contributed by atoms with Gasteiger partial charge in [-0.15, -0.1) is 0 Å². The predicted molar refractivity (Wildman–Crippen MR) is 86.3 cm³/mol. The van der Waals surface area contributed by atoms with Crippen LogP contribution in [0.5, 0.6) is 0 Å². The average molecular weight is 318 g/mol. The summed E-state index contributed by atoms with van der Waals surface area (Å²) in [5, 5.41) is 16.9. The summed E-state index contributed by atoms with van der Waals surface area (Å²) >= 11 is 0. The zero-order valence-electron chi connectivity index (χ0n) is 13.2. The van der Waals surface area contributed by atoms with E-state index in [1.165, 1.54) is 6.33 Å². The predicted octanol–water partition coefficient (Wildman–Crippen LogP) is 1.98. The third-order valence-corrected chi connectivity index (χ3v) is 3.85. The number of nitrogens with one attached hydrogen (secondary N) is 2. The zero-order chi connectivity index (χ0) is 16.1. The molecular formula is C16H22N4O3. The molecule has 1 aliphatic rings. The molecule has 0 radical (unpaired) electrons. The molecule has 3 N–H and O–H groups in total. The fourth-order valence-electron chi connectivity index (χ4n) is 2.53. The van der Waals surface area contributed by atoms with Crippen molar-refractivity contribution in [3.8, 4) is 0 Å². The van der Waals surface area contributed by atoms with Crippen LogP contribution in [0.25, 0.3) is 0 Å². The lowest BCUT2D eigenvalue weighted by molar-refractivity contribution is 0.0476. The van der Waals surface area contributed by atoms with Gasteiger partial charge in [0.1, 0.15) is 29.3 Å². The first-order chi connectivity index (χ1) is 11.1. The van der Waals surface area contributed by atoms with E-state index in [0.717, 1.165) is 25.3 Å². The van der Waals surface area contributed by atoms with Gasteiger partial charge >= 0.3 is 0 Å². The first-order valence-corrected chi connectivity index (χ1v) is 7.80. The fourth-order valence-corrected chi connectivity index (χ4v) is 2.53. The number of rotatable bonds is 6. The van der Waals surface area contributed by atoms with Crippen LogP contribution in [-0.2, 0) is 10.3 Å². The number of aromatic nitrogens is 2. The molecule has 1 aliphatic heterocycles. The molecule has 0 saturated carbocycles. The second kappa shape index (κ2) is 6.97. The Morgan fingerprint density at radius 3 is 3.00 bits per heavy atom. The Morgan fingerprint density at radius 1 is 1.39 bits per heavy atom. The van der Waals surface area contributed by atoms with Gasteiger partial charge in [-0.25, -0.2) is 9.97 Å². The van der Waals surface area contributed by atoms with Crippen LogP contribution in [0.15, 0.2) is 35.2 Å². The maximum atomic E-state index is 10.4. The molecule has 2 aromatic heterocycles. The number of ether oxygens (including phenoxy) is 1. The van der Waals surface area contributed by atoms with Gasteiger partial charge < -0.3 is 24.9 Å². The summed E-state index contributed by atoms with van der Waals surface area (Å²) in [7, 11) is 0. The van der Waals surface area contributed by atoms with Crippen LogP contribution in [0, 0.1) is 0 Å². The highest BCUT2D eigenvalue weighted by molar-refractivity contribution is 5.47. The van der Waals surface area contributed by atoms with Crippen LogP contribution >= 0.6 is 0 Å². The van der Waals surface area contributed by atoms with Crippen LogP contribution in [0.4, 0.5) is 11.6 Å². The highest BCUT2D eigenvalue weighted by Crippen LogP contribution is 2.22. The fraction of sp³-hybridized carbons (Fsp3) is 0.500. The molecule has 23 heavy (non-hydrogen) atoms. The molecule has 0 bridgehead atoms. The largest absolute Gasteiger partial charge is 0.466 e. The minimum atomic E-state index is -1.11. The summed E-state index contributed by atoms with van der Waals surface area (Å²) in [6.45, 7) is 3.50. The van der Waals surface area contributed by atoms with Crippen molar-refractivity contribution >= 4 is 11.6 Å². The van der Waals surface area contributed by atoms with Gasteiger partial charge in [-0.05, 0) is 31.9 Å². The normalized spacial score (nSPS) is 20.7. The average Bonchev–Trinajstić information content (AvgIpc) is 3.10. The molecule has 1 saturated heterocycles. The first kappa shape index (κ1) is 15.8. The summed E-state index contributed by atoms with van der Waals surface area (Å²) in [6, 6.07) is 5.60. The number of nitrogens with zero attached hydrogens (tertiary/aromatic N) is 2. The Balaban J connectivity index is 1.59. The standard InChI is InChI=1S/C16H22N4O3/c1-16(21,13-5-3-7-23-13)10-17-14-8-15(19-11-18-14)20-12-4-2-6-22-9-12/h3,5,7-8,11-12,21H,2,4,6,9-10H2,1H3,(H2,17,18,19,20). The molecule has 1 fully saturated rings. The molecule has 7 nitrogen and oxygen atoms in total. The van der Waals surface area contributed by atoms with Gasteiger partial charge in [0, 0.05) is 12.7 Å². The van der Waals surface area contributed by atoms with Crippen LogP contribution in [0.1, 0.15) is 25.5 Å². The minimum absolute atomic E-state index is 0.276. The molecule has 0 spiro atoms. The second-order valence-corrected chi connectivity index (χ2v) is 5.95. The number of aliphatic hydroxyl groups is 1. The van der Waals surface area contributed by atoms with E-state index in [2.05, 4.69) is 20.6 Å². The van der Waals surface area contributed by atoms with E-state index in [1.54, 1.807) is 25.3 Å². The van der Waals surface area contributed by atoms with Gasteiger partial charge in [0.25, 0.3) is 0 Å². The van der Waals surface area contributed by atoms with E-state index in [-0.39, 0.29) is 12.6 Å². The van der Waals surface area contributed by atoms with Crippen molar-refractivity contribution in [1.29, 1.82) is 0 Å². The summed E-state index contributed by atoms with van der Waals surface area (Å²) in [5.41, 5.74) is -1.11. The lowest BCUT2D eigenvalue weighted by Gasteiger charge is -2.24. The number of anilines is 2. The molecule has 2 unspecified atom stereocenters. The van der Waals surface area contributed by atoms with Crippen molar-refractivity contribution in [2.24, 2.45) is 0 Å². The third-order valence-electron chi connectivity index (χ3n) is 3.85. The molecule has 0 aromatic carbocycles. The van der Waals surface area contributed by atoms with Crippen molar-refractivity contribution in [3.05, 3.63) is 36.5 Å². The van der Waals surface area contributed by atoms with Crippen molar-refractivity contribution in [1.82, 2.24) is 9.97 Å². The van der Waals surface area contributed by atoms with E-state index in [1.807, 2.05) is 6.07 Å². The summed E-state index contributed by atoms with van der Waals surface area (Å²) in [4.78, 5) is 8.41. The van der Waals surface area contributed by atoms with Crippen molar-refractivity contribution in [2.45, 2.75) is 31.4 Å². The van der Waals surface area contributed by atoms with Crippen molar-refractivity contribution < 1.29 is 14.3 Å². The van der Waals surface area contributed by atoms with Gasteiger partial charge in [0.2, 0.25) is 0 Å². The molecule has 7 heteroatoms. The zero-order valence-corrected chi connectivity index (χ0v) is 13.2. The molecule has 2 atom stereocenters. The van der Waals surface area contributed by atoms with E-state index in [9.17, 15) is 5.11 Å². The molecular weight excluding hydrogens is 296 g/mol. The van der Waals surface area contributed by atoms with Gasteiger partial charge in [0.05, 0.1) is 25.5 Å². The van der Waals surface area contributed by atoms with Crippen molar-refractivity contribution in [3.63, 3.8) is 0 Å². The first-order valence-electron chi connectivity index (χ1n) is 7.80. The lowest BCUT2D eigenvalue weighted by atomic mass is 10.0. The highest BCUT2D eigenvalue weighted by Gasteiger charge is 2.26. The Morgan fingerprint density at radius 2 is 2.26 bits per heavy atom. The number of furan rings is 1. The maximum Gasteiger partial charge on any atom is 0.136 e. The van der Waals surface area contributed by atoms with Gasteiger partial charge in [-0.2, -0.15) is 0 Å². The molecule has 3 rings (SSSR count). The monoisotopic (exact) mass is 318 g/mol. The van der Waals surface area contributed by atoms with Gasteiger partial charge in [0.15, 0.2) is 0 Å². The summed E-state index contributed by atoms with van der Waals surface area (Å²) < 4.78 is 10.7. The molecule has 0 aliphatic carbocycles. The lowest BCUT2D eigenvalue weighted by Crippen LogP contribution is -2.31. The van der Waals surface area contributed by atoms with Gasteiger partial charge in [-0.3, -0.25) is 0 Å². The quantitative estimate of drug-likeness (QED) is 0.750. The molecule has 2 aromatic rings. The Labute approximate surface area is 135 Å². The van der Waals surface area contributed by atoms with E-state index in [4.69, 9.17) is 9.15 Å². The maximum absolute atomic E-state index is 10.4. The summed E-state index contributed by atoms with van der Waals surface area (Å²) in [5.74, 6) is 1.90. The topological polar surface area (TPSA) is 92.4 Å². The Bertz CT molecular complexity index is 610. The van der Waals surface area contributed by atoms with E-state index < -0.39 is 5.60 Å². The highest BCUT2D eigenvalue weighted by atomic mass is 16.5. The van der Waals surface area contributed by atoms with Crippen LogP contribution in [0.3, 0.4) is 0 Å². The van der Waals surface area contributed by atoms with Crippen LogP contribution < -0.4 is 10.6 Å². The Hall–Kier alpha value is -2.12. The number of hydrogen-bond donors (Lipinski definition) is 3. The smallest absolute Gasteiger partial charge is 0.136 e. The number of hydrogen-bond acceptors (Lipinski definition) is 7. The van der Waals surface area contributed by atoms with Gasteiger partial charge in [-0.1, -0.05) is 0 Å². The van der Waals surface area contributed by atoms with Crippen molar-refractivity contribution in [2.75, 3.05) is 30.4 Å². The molecule has 3 heterocycles. The van der Waals surface area contributed by atoms with Crippen LogP contribution in [-0.4, -0.2) is 40.9 Å². The Kier molecular flexibility index (Phi) is 4.78. The SMILES string of the molecule is CC(O)(CNc1cc(NC2CCCOC2)ncn1)c1ccco1. The minimum Gasteiger partial charge on any atom is -0.466 e. The third kappa shape index (κ3) is 4.20. The van der Waals surface area contributed by atoms with E-state index in [0.29, 0.717) is 18.2 Å². The molecule has 124 valence electrons.